The molecule has 6 heteroatoms. The highest BCUT2D eigenvalue weighted by molar-refractivity contribution is 9.10. The molecule has 2 aromatic carbocycles. The Balaban J connectivity index is 2.09. The number of hydrogen-bond donors (Lipinski definition) is 1. The topological polar surface area (TPSA) is 69.2 Å². The van der Waals surface area contributed by atoms with E-state index in [0.29, 0.717) is 5.75 Å². The molecule has 0 unspecified atom stereocenters. The molecule has 2 aromatic rings. The first-order valence-corrected chi connectivity index (χ1v) is 7.25. The SMILES string of the molecule is Nc1ccc(CSc2ccc(Br)cc2)cc1[N+](=O)[O-]. The van der Waals surface area contributed by atoms with Crippen molar-refractivity contribution in [3.8, 4) is 0 Å². The number of hydrogen-bond acceptors (Lipinski definition) is 4. The van der Waals surface area contributed by atoms with Crippen molar-refractivity contribution in [2.24, 2.45) is 0 Å². The number of nitro groups is 1. The van der Waals surface area contributed by atoms with Gasteiger partial charge in [0.2, 0.25) is 0 Å². The van der Waals surface area contributed by atoms with E-state index in [2.05, 4.69) is 15.9 Å². The lowest BCUT2D eigenvalue weighted by Crippen LogP contribution is -1.96. The van der Waals surface area contributed by atoms with Crippen LogP contribution in [0.15, 0.2) is 51.8 Å². The van der Waals surface area contributed by atoms with Crippen molar-refractivity contribution in [3.63, 3.8) is 0 Å². The summed E-state index contributed by atoms with van der Waals surface area (Å²) in [7, 11) is 0. The van der Waals surface area contributed by atoms with Gasteiger partial charge >= 0.3 is 0 Å². The van der Waals surface area contributed by atoms with Crippen molar-refractivity contribution < 1.29 is 4.92 Å². The minimum atomic E-state index is -0.455. The van der Waals surface area contributed by atoms with Crippen molar-refractivity contribution in [2.45, 2.75) is 10.6 Å². The maximum Gasteiger partial charge on any atom is 0.292 e. The average molecular weight is 339 g/mol. The molecule has 0 aliphatic carbocycles. The summed E-state index contributed by atoms with van der Waals surface area (Å²) < 4.78 is 1.03. The van der Waals surface area contributed by atoms with Crippen LogP contribution >= 0.6 is 27.7 Å². The van der Waals surface area contributed by atoms with Gasteiger partial charge in [-0.25, -0.2) is 0 Å². The van der Waals surface area contributed by atoms with Crippen molar-refractivity contribution in [1.29, 1.82) is 0 Å². The fourth-order valence-corrected chi connectivity index (χ4v) is 2.64. The van der Waals surface area contributed by atoms with Crippen molar-refractivity contribution in [1.82, 2.24) is 0 Å². The van der Waals surface area contributed by atoms with Crippen molar-refractivity contribution >= 4 is 39.1 Å². The summed E-state index contributed by atoms with van der Waals surface area (Å²) >= 11 is 5.00. The van der Waals surface area contributed by atoms with E-state index in [1.165, 1.54) is 6.07 Å². The minimum absolute atomic E-state index is 0.0334. The van der Waals surface area contributed by atoms with Gasteiger partial charge in [0, 0.05) is 21.2 Å². The molecule has 0 saturated carbocycles. The molecular formula is C13H11BrN2O2S. The summed E-state index contributed by atoms with van der Waals surface area (Å²) in [5, 5.41) is 10.8. The second-order valence-electron chi connectivity index (χ2n) is 3.89. The Kier molecular flexibility index (Phi) is 4.44. The van der Waals surface area contributed by atoms with Gasteiger partial charge in [-0.05, 0) is 35.9 Å². The van der Waals surface area contributed by atoms with Crippen molar-refractivity contribution in [3.05, 3.63) is 62.6 Å². The molecule has 0 atom stereocenters. The number of nitrogens with two attached hydrogens (primary N) is 1. The largest absolute Gasteiger partial charge is 0.393 e. The van der Waals surface area contributed by atoms with E-state index in [1.807, 2.05) is 30.3 Å². The van der Waals surface area contributed by atoms with Gasteiger partial charge in [0.25, 0.3) is 5.69 Å². The molecule has 4 nitrogen and oxygen atoms in total. The van der Waals surface area contributed by atoms with Gasteiger partial charge in [-0.15, -0.1) is 11.8 Å². The first-order chi connectivity index (χ1) is 9.06. The molecule has 0 aromatic heterocycles. The van der Waals surface area contributed by atoms with Gasteiger partial charge in [0.15, 0.2) is 0 Å². The summed E-state index contributed by atoms with van der Waals surface area (Å²) in [5.41, 5.74) is 6.61. The number of nitrogen functional groups attached to an aromatic ring is 1. The summed E-state index contributed by atoms with van der Waals surface area (Å²) in [6, 6.07) is 12.9. The average Bonchev–Trinajstić information content (AvgIpc) is 2.39. The van der Waals surface area contributed by atoms with Crippen molar-refractivity contribution in [2.75, 3.05) is 5.73 Å². The van der Waals surface area contributed by atoms with E-state index in [0.717, 1.165) is 14.9 Å². The minimum Gasteiger partial charge on any atom is -0.393 e. The number of benzene rings is 2. The van der Waals surface area contributed by atoms with Crippen LogP contribution in [0.2, 0.25) is 0 Å². The van der Waals surface area contributed by atoms with E-state index in [4.69, 9.17) is 5.73 Å². The Morgan fingerprint density at radius 2 is 1.89 bits per heavy atom. The smallest absolute Gasteiger partial charge is 0.292 e. The van der Waals surface area contributed by atoms with Gasteiger partial charge in [0.05, 0.1) is 4.92 Å². The molecule has 0 radical (unpaired) electrons. The van der Waals surface area contributed by atoms with Crippen LogP contribution in [0.1, 0.15) is 5.56 Å². The third-order valence-electron chi connectivity index (χ3n) is 2.51. The van der Waals surface area contributed by atoms with E-state index in [-0.39, 0.29) is 11.4 Å². The van der Waals surface area contributed by atoms with Gasteiger partial charge in [-0.1, -0.05) is 22.0 Å². The quantitative estimate of drug-likeness (QED) is 0.392. The molecule has 0 amide bonds. The van der Waals surface area contributed by atoms with Crippen LogP contribution in [0.4, 0.5) is 11.4 Å². The highest BCUT2D eigenvalue weighted by atomic mass is 79.9. The predicted octanol–water partition coefficient (Wildman–Crippen LogP) is 4.23. The molecule has 98 valence electrons. The van der Waals surface area contributed by atoms with Crippen LogP contribution in [0.5, 0.6) is 0 Å². The predicted molar refractivity (Wildman–Crippen MR) is 81.2 cm³/mol. The Morgan fingerprint density at radius 3 is 2.53 bits per heavy atom. The van der Waals surface area contributed by atoms with E-state index in [9.17, 15) is 10.1 Å². The normalized spacial score (nSPS) is 10.4. The number of rotatable bonds is 4. The Labute approximate surface area is 123 Å². The third kappa shape index (κ3) is 3.71. The lowest BCUT2D eigenvalue weighted by molar-refractivity contribution is -0.383. The van der Waals surface area contributed by atoms with Crippen LogP contribution in [0.3, 0.4) is 0 Å². The zero-order valence-electron chi connectivity index (χ0n) is 9.88. The summed E-state index contributed by atoms with van der Waals surface area (Å²) in [4.78, 5) is 11.5. The standard InChI is InChI=1S/C13H11BrN2O2S/c14-10-2-4-11(5-3-10)19-8-9-1-6-12(15)13(7-9)16(17)18/h1-7H,8,15H2. The lowest BCUT2D eigenvalue weighted by Gasteiger charge is -2.04. The Morgan fingerprint density at radius 1 is 1.21 bits per heavy atom. The summed E-state index contributed by atoms with van der Waals surface area (Å²) in [6.07, 6.45) is 0. The molecule has 0 aliphatic heterocycles. The molecule has 0 heterocycles. The molecule has 2 rings (SSSR count). The van der Waals surface area contributed by atoms with Gasteiger partial charge < -0.3 is 5.73 Å². The van der Waals surface area contributed by atoms with Crippen LogP contribution in [-0.4, -0.2) is 4.92 Å². The molecule has 19 heavy (non-hydrogen) atoms. The van der Waals surface area contributed by atoms with Gasteiger partial charge in [0.1, 0.15) is 5.69 Å². The molecule has 2 N–H and O–H groups in total. The van der Waals surface area contributed by atoms with E-state index < -0.39 is 4.92 Å². The second-order valence-corrected chi connectivity index (χ2v) is 5.86. The number of halogens is 1. The highest BCUT2D eigenvalue weighted by Gasteiger charge is 2.11. The number of anilines is 1. The van der Waals surface area contributed by atoms with Crippen LogP contribution in [0.25, 0.3) is 0 Å². The van der Waals surface area contributed by atoms with Crippen LogP contribution in [-0.2, 0) is 5.75 Å². The Bertz CT molecular complexity index is 602. The summed E-state index contributed by atoms with van der Waals surface area (Å²) in [5.74, 6) is 0.669. The van der Waals surface area contributed by atoms with Gasteiger partial charge in [-0.2, -0.15) is 0 Å². The first kappa shape index (κ1) is 13.9. The third-order valence-corrected chi connectivity index (χ3v) is 4.12. The highest BCUT2D eigenvalue weighted by Crippen LogP contribution is 2.28. The maximum atomic E-state index is 10.8. The number of thioether (sulfide) groups is 1. The zero-order chi connectivity index (χ0) is 13.8. The van der Waals surface area contributed by atoms with Gasteiger partial charge in [-0.3, -0.25) is 10.1 Å². The molecule has 0 fully saturated rings. The first-order valence-electron chi connectivity index (χ1n) is 5.47. The van der Waals surface area contributed by atoms with E-state index >= 15 is 0 Å². The number of nitrogens with zero attached hydrogens (tertiary/aromatic N) is 1. The molecule has 0 saturated heterocycles. The number of nitro benzene ring substituents is 1. The van der Waals surface area contributed by atoms with Crippen LogP contribution < -0.4 is 5.73 Å². The van der Waals surface area contributed by atoms with Crippen LogP contribution in [0, 0.1) is 10.1 Å². The monoisotopic (exact) mass is 338 g/mol. The lowest BCUT2D eigenvalue weighted by atomic mass is 10.2. The maximum absolute atomic E-state index is 10.8. The fourth-order valence-electron chi connectivity index (χ4n) is 1.53. The summed E-state index contributed by atoms with van der Waals surface area (Å²) in [6.45, 7) is 0. The molecular weight excluding hydrogens is 328 g/mol. The molecule has 0 spiro atoms. The zero-order valence-corrected chi connectivity index (χ0v) is 12.3. The second kappa shape index (κ2) is 6.08. The molecule has 0 bridgehead atoms. The fraction of sp³-hybridized carbons (Fsp3) is 0.0769. The van der Waals surface area contributed by atoms with E-state index in [1.54, 1.807) is 17.8 Å². The Hall–Kier alpha value is -1.53. The molecule has 0 aliphatic rings.